The van der Waals surface area contributed by atoms with Crippen LogP contribution >= 0.6 is 0 Å². The van der Waals surface area contributed by atoms with Crippen molar-refractivity contribution < 1.29 is 14.3 Å². The number of hydrogen-bond donors (Lipinski definition) is 1. The summed E-state index contributed by atoms with van der Waals surface area (Å²) in [5.41, 5.74) is 0.701. The van der Waals surface area contributed by atoms with Crippen LogP contribution in [0, 0.1) is 11.8 Å². The molecular weight excluding hydrogens is 292 g/mol. The fourth-order valence-electron chi connectivity index (χ4n) is 3.34. The van der Waals surface area contributed by atoms with Gasteiger partial charge >= 0.3 is 0 Å². The third kappa shape index (κ3) is 5.43. The van der Waals surface area contributed by atoms with Gasteiger partial charge in [-0.05, 0) is 18.3 Å². The molecule has 0 saturated carbocycles. The van der Waals surface area contributed by atoms with E-state index in [0.29, 0.717) is 35.4 Å². The molecule has 1 amide bonds. The highest BCUT2D eigenvalue weighted by Crippen LogP contribution is 2.26. The van der Waals surface area contributed by atoms with Crippen LogP contribution in [0.2, 0.25) is 0 Å². The highest BCUT2D eigenvalue weighted by molar-refractivity contribution is 5.91. The molecule has 0 spiro atoms. The average molecular weight is 320 g/mol. The number of carbonyl (C=O) groups is 1. The van der Waals surface area contributed by atoms with Crippen molar-refractivity contribution in [3.63, 3.8) is 0 Å². The van der Waals surface area contributed by atoms with Crippen LogP contribution in [0.3, 0.4) is 0 Å². The number of carbonyl (C=O) groups excluding carboxylic acids is 1. The van der Waals surface area contributed by atoms with Crippen LogP contribution < -0.4 is 14.8 Å². The second kappa shape index (κ2) is 8.20. The minimum absolute atomic E-state index is 0.0196. The molecule has 1 aromatic rings. The largest absolute Gasteiger partial charge is 0.497 e. The van der Waals surface area contributed by atoms with Crippen LogP contribution in [-0.4, -0.2) is 44.7 Å². The molecule has 1 heterocycles. The third-order valence-electron chi connectivity index (χ3n) is 4.23. The Kier molecular flexibility index (Phi) is 6.28. The van der Waals surface area contributed by atoms with Crippen molar-refractivity contribution in [3.05, 3.63) is 18.2 Å². The van der Waals surface area contributed by atoms with Crippen LogP contribution in [0.15, 0.2) is 18.2 Å². The zero-order chi connectivity index (χ0) is 16.8. The smallest absolute Gasteiger partial charge is 0.225 e. The van der Waals surface area contributed by atoms with E-state index in [9.17, 15) is 4.79 Å². The first-order valence-corrected chi connectivity index (χ1v) is 8.25. The Morgan fingerprint density at radius 3 is 2.22 bits per heavy atom. The number of nitrogens with zero attached hydrogens (tertiary/aromatic N) is 1. The summed E-state index contributed by atoms with van der Waals surface area (Å²) in [5, 5.41) is 2.93. The maximum absolute atomic E-state index is 12.2. The molecule has 5 heteroatoms. The van der Waals surface area contributed by atoms with E-state index in [4.69, 9.17) is 9.47 Å². The molecule has 1 N–H and O–H groups in total. The van der Waals surface area contributed by atoms with Crippen LogP contribution in [0.25, 0.3) is 0 Å². The summed E-state index contributed by atoms with van der Waals surface area (Å²) in [6.45, 7) is 7.55. The summed E-state index contributed by atoms with van der Waals surface area (Å²) in [7, 11) is 3.19. The van der Waals surface area contributed by atoms with Gasteiger partial charge in [-0.3, -0.25) is 4.79 Å². The van der Waals surface area contributed by atoms with Crippen molar-refractivity contribution in [2.75, 3.05) is 39.2 Å². The topological polar surface area (TPSA) is 50.8 Å². The van der Waals surface area contributed by atoms with E-state index in [1.165, 1.54) is 6.42 Å². The Hall–Kier alpha value is -1.75. The Bertz CT molecular complexity index is 501. The molecule has 2 rings (SSSR count). The summed E-state index contributed by atoms with van der Waals surface area (Å²) in [4.78, 5) is 14.6. The lowest BCUT2D eigenvalue weighted by Gasteiger charge is -2.34. The monoisotopic (exact) mass is 320 g/mol. The standard InChI is InChI=1S/C18H28N2O3/c1-13-7-14(2)12-20(11-13)6-5-18(21)19-15-8-16(22-3)10-17(9-15)23-4/h8-10,13-14H,5-7,11-12H2,1-4H3,(H,19,21)/t13-,14-/m1/s1. The lowest BCUT2D eigenvalue weighted by atomic mass is 9.92. The Labute approximate surface area is 139 Å². The number of methoxy groups -OCH3 is 2. The van der Waals surface area contributed by atoms with Gasteiger partial charge in [0.05, 0.1) is 14.2 Å². The van der Waals surface area contributed by atoms with Crippen LogP contribution in [0.4, 0.5) is 5.69 Å². The predicted octanol–water partition coefficient (Wildman–Crippen LogP) is 3.01. The van der Waals surface area contributed by atoms with Crippen molar-refractivity contribution in [1.29, 1.82) is 0 Å². The average Bonchev–Trinajstić information content (AvgIpc) is 2.51. The number of piperidine rings is 1. The molecule has 0 bridgehead atoms. The summed E-state index contributed by atoms with van der Waals surface area (Å²) in [5.74, 6) is 2.77. The molecular formula is C18H28N2O3. The summed E-state index contributed by atoms with van der Waals surface area (Å²) < 4.78 is 10.4. The van der Waals surface area contributed by atoms with Crippen molar-refractivity contribution in [2.24, 2.45) is 11.8 Å². The molecule has 1 saturated heterocycles. The number of amides is 1. The SMILES string of the molecule is COc1cc(NC(=O)CCN2C[C@H](C)C[C@@H](C)C2)cc(OC)c1. The molecule has 23 heavy (non-hydrogen) atoms. The van der Waals surface area contributed by atoms with E-state index >= 15 is 0 Å². The van der Waals surface area contributed by atoms with Crippen molar-refractivity contribution in [2.45, 2.75) is 26.7 Å². The van der Waals surface area contributed by atoms with Crippen molar-refractivity contribution >= 4 is 11.6 Å². The number of hydrogen-bond acceptors (Lipinski definition) is 4. The van der Waals surface area contributed by atoms with Gasteiger partial charge in [0.2, 0.25) is 5.91 Å². The van der Waals surface area contributed by atoms with Gasteiger partial charge in [-0.25, -0.2) is 0 Å². The van der Waals surface area contributed by atoms with Gasteiger partial charge in [-0.2, -0.15) is 0 Å². The van der Waals surface area contributed by atoms with Crippen molar-refractivity contribution in [3.8, 4) is 11.5 Å². The number of anilines is 1. The van der Waals surface area contributed by atoms with Gasteiger partial charge in [0.1, 0.15) is 11.5 Å². The highest BCUT2D eigenvalue weighted by atomic mass is 16.5. The minimum atomic E-state index is 0.0196. The molecule has 2 atom stereocenters. The molecule has 128 valence electrons. The van der Waals surface area contributed by atoms with Crippen LogP contribution in [0.5, 0.6) is 11.5 Å². The first-order valence-electron chi connectivity index (χ1n) is 8.25. The fourth-order valence-corrected chi connectivity index (χ4v) is 3.34. The first kappa shape index (κ1) is 17.6. The van der Waals surface area contributed by atoms with Gasteiger partial charge in [-0.1, -0.05) is 13.8 Å². The van der Waals surface area contributed by atoms with Gasteiger partial charge in [0.25, 0.3) is 0 Å². The van der Waals surface area contributed by atoms with E-state index in [1.54, 1.807) is 32.4 Å². The Morgan fingerprint density at radius 1 is 1.13 bits per heavy atom. The number of likely N-dealkylation sites (tertiary alicyclic amines) is 1. The van der Waals surface area contributed by atoms with Gasteiger partial charge in [-0.15, -0.1) is 0 Å². The quantitative estimate of drug-likeness (QED) is 0.875. The van der Waals surface area contributed by atoms with E-state index in [2.05, 4.69) is 24.1 Å². The number of ether oxygens (including phenoxy) is 2. The maximum Gasteiger partial charge on any atom is 0.225 e. The first-order chi connectivity index (χ1) is 11.0. The lowest BCUT2D eigenvalue weighted by molar-refractivity contribution is -0.116. The van der Waals surface area contributed by atoms with Crippen molar-refractivity contribution in [1.82, 2.24) is 4.90 Å². The second-order valence-electron chi connectivity index (χ2n) is 6.61. The molecule has 5 nitrogen and oxygen atoms in total. The van der Waals surface area contributed by atoms with Gasteiger partial charge in [0, 0.05) is 49.9 Å². The van der Waals surface area contributed by atoms with E-state index in [1.807, 2.05) is 0 Å². The summed E-state index contributed by atoms with van der Waals surface area (Å²) in [6.07, 6.45) is 1.78. The zero-order valence-corrected chi connectivity index (χ0v) is 14.6. The summed E-state index contributed by atoms with van der Waals surface area (Å²) >= 11 is 0. The highest BCUT2D eigenvalue weighted by Gasteiger charge is 2.21. The van der Waals surface area contributed by atoms with E-state index < -0.39 is 0 Å². The van der Waals surface area contributed by atoms with Gasteiger partial charge < -0.3 is 19.7 Å². The molecule has 1 aromatic carbocycles. The molecule has 0 aromatic heterocycles. The molecule has 0 unspecified atom stereocenters. The number of nitrogens with one attached hydrogen (secondary N) is 1. The predicted molar refractivity (Wildman–Crippen MR) is 92.2 cm³/mol. The molecule has 1 aliphatic rings. The normalized spacial score (nSPS) is 21.7. The summed E-state index contributed by atoms with van der Waals surface area (Å²) in [6, 6.07) is 5.38. The molecule has 1 aliphatic heterocycles. The third-order valence-corrected chi connectivity index (χ3v) is 4.23. The minimum Gasteiger partial charge on any atom is -0.497 e. The molecule has 0 aliphatic carbocycles. The Morgan fingerprint density at radius 2 is 1.70 bits per heavy atom. The molecule has 0 radical (unpaired) electrons. The van der Waals surface area contributed by atoms with E-state index in [-0.39, 0.29) is 5.91 Å². The zero-order valence-electron chi connectivity index (χ0n) is 14.6. The maximum atomic E-state index is 12.2. The van der Waals surface area contributed by atoms with Crippen LogP contribution in [-0.2, 0) is 4.79 Å². The number of rotatable bonds is 6. The number of benzene rings is 1. The second-order valence-corrected chi connectivity index (χ2v) is 6.61. The fraction of sp³-hybridized carbons (Fsp3) is 0.611. The van der Waals surface area contributed by atoms with Gasteiger partial charge in [0.15, 0.2) is 0 Å². The van der Waals surface area contributed by atoms with E-state index in [0.717, 1.165) is 19.6 Å². The lowest BCUT2D eigenvalue weighted by Crippen LogP contribution is -2.40. The molecule has 1 fully saturated rings. The van der Waals surface area contributed by atoms with Crippen LogP contribution in [0.1, 0.15) is 26.7 Å². The Balaban J connectivity index is 1.87.